The number of benzene rings is 3. The number of hydrogen-bond acceptors (Lipinski definition) is 2. The van der Waals surface area contributed by atoms with Gasteiger partial charge in [-0.15, -0.1) is 0 Å². The Morgan fingerprint density at radius 2 is 1.24 bits per heavy atom. The monoisotopic (exact) mass is 351 g/mol. The van der Waals surface area contributed by atoms with Gasteiger partial charge in [0.25, 0.3) is 0 Å². The largest absolute Gasteiger partial charge is 0.489 e. The first-order valence-corrected chi connectivity index (χ1v) is 8.79. The zero-order valence-corrected chi connectivity index (χ0v) is 15.1. The Labute approximate surface area is 154 Å². The lowest BCUT2D eigenvalue weighted by Gasteiger charge is -2.09. The summed E-state index contributed by atoms with van der Waals surface area (Å²) < 4.78 is 5.81. The molecule has 3 rings (SSSR count). The summed E-state index contributed by atoms with van der Waals surface area (Å²) in [7, 11) is 0. The van der Waals surface area contributed by atoms with Gasteiger partial charge >= 0.3 is 0 Å². The van der Waals surface area contributed by atoms with Crippen molar-refractivity contribution < 1.29 is 4.74 Å². The van der Waals surface area contributed by atoms with Crippen LogP contribution in [-0.2, 0) is 19.7 Å². The van der Waals surface area contributed by atoms with Gasteiger partial charge in [-0.2, -0.15) is 0 Å². The summed E-state index contributed by atoms with van der Waals surface area (Å²) in [5.74, 6) is 0.872. The van der Waals surface area contributed by atoms with Gasteiger partial charge in [0.05, 0.1) is 0 Å². The van der Waals surface area contributed by atoms with Crippen molar-refractivity contribution in [3.8, 4) is 5.75 Å². The molecule has 0 heterocycles. The third-order valence-corrected chi connectivity index (χ3v) is 4.27. The minimum Gasteiger partial charge on any atom is -0.489 e. The molecule has 0 aliphatic carbocycles. The van der Waals surface area contributed by atoms with Crippen LogP contribution >= 0.6 is 11.6 Å². The molecule has 3 aromatic rings. The highest BCUT2D eigenvalue weighted by atomic mass is 35.5. The second-order valence-electron chi connectivity index (χ2n) is 6.15. The standard InChI is InChI=1S/C22H22ClNO/c1-17-2-4-18(5-3-17)14-24-15-19-8-12-22(13-9-19)25-16-20-6-10-21(23)11-7-20/h2-13,24H,14-16H2,1H3. The summed E-state index contributed by atoms with van der Waals surface area (Å²) in [6.07, 6.45) is 0. The van der Waals surface area contributed by atoms with Crippen molar-refractivity contribution in [3.05, 3.63) is 100 Å². The lowest BCUT2D eigenvalue weighted by atomic mass is 10.1. The van der Waals surface area contributed by atoms with Crippen molar-refractivity contribution in [1.82, 2.24) is 5.32 Å². The normalized spacial score (nSPS) is 10.6. The van der Waals surface area contributed by atoms with Crippen LogP contribution in [0.5, 0.6) is 5.75 Å². The molecule has 0 spiro atoms. The molecule has 0 aromatic heterocycles. The fraction of sp³-hybridized carbons (Fsp3) is 0.182. The number of rotatable bonds is 7. The summed E-state index contributed by atoms with van der Waals surface area (Å²) in [5, 5.41) is 4.21. The van der Waals surface area contributed by atoms with Crippen LogP contribution in [0.3, 0.4) is 0 Å². The van der Waals surface area contributed by atoms with Crippen LogP contribution in [0, 0.1) is 6.92 Å². The van der Waals surface area contributed by atoms with E-state index in [1.165, 1.54) is 16.7 Å². The molecule has 0 aliphatic rings. The van der Waals surface area contributed by atoms with Crippen molar-refractivity contribution in [2.45, 2.75) is 26.6 Å². The highest BCUT2D eigenvalue weighted by molar-refractivity contribution is 6.30. The van der Waals surface area contributed by atoms with E-state index in [-0.39, 0.29) is 0 Å². The van der Waals surface area contributed by atoms with E-state index in [9.17, 15) is 0 Å². The summed E-state index contributed by atoms with van der Waals surface area (Å²) in [6, 6.07) is 24.5. The van der Waals surface area contributed by atoms with Gasteiger partial charge in [-0.1, -0.05) is 65.7 Å². The van der Waals surface area contributed by atoms with E-state index < -0.39 is 0 Å². The van der Waals surface area contributed by atoms with E-state index >= 15 is 0 Å². The number of halogens is 1. The fourth-order valence-electron chi connectivity index (χ4n) is 2.51. The third kappa shape index (κ3) is 5.63. The smallest absolute Gasteiger partial charge is 0.119 e. The Balaban J connectivity index is 1.45. The van der Waals surface area contributed by atoms with E-state index in [1.54, 1.807) is 0 Å². The average Bonchev–Trinajstić information content (AvgIpc) is 2.64. The van der Waals surface area contributed by atoms with E-state index in [4.69, 9.17) is 16.3 Å². The lowest BCUT2D eigenvalue weighted by molar-refractivity contribution is 0.306. The topological polar surface area (TPSA) is 21.3 Å². The Morgan fingerprint density at radius 3 is 1.84 bits per heavy atom. The summed E-state index contributed by atoms with van der Waals surface area (Å²) in [4.78, 5) is 0. The molecule has 3 aromatic carbocycles. The van der Waals surface area contributed by atoms with E-state index in [0.29, 0.717) is 6.61 Å². The average molecular weight is 352 g/mol. The SMILES string of the molecule is Cc1ccc(CNCc2ccc(OCc3ccc(Cl)cc3)cc2)cc1. The molecule has 0 bridgehead atoms. The van der Waals surface area contributed by atoms with Crippen LogP contribution in [0.1, 0.15) is 22.3 Å². The fourth-order valence-corrected chi connectivity index (χ4v) is 2.63. The number of hydrogen-bond donors (Lipinski definition) is 1. The van der Waals surface area contributed by atoms with Crippen molar-refractivity contribution in [2.75, 3.05) is 0 Å². The van der Waals surface area contributed by atoms with Crippen molar-refractivity contribution in [1.29, 1.82) is 0 Å². The van der Waals surface area contributed by atoms with Crippen LogP contribution in [-0.4, -0.2) is 0 Å². The molecule has 128 valence electrons. The maximum atomic E-state index is 5.89. The molecule has 0 unspecified atom stereocenters. The van der Waals surface area contributed by atoms with Gasteiger partial charge in [-0.05, 0) is 47.9 Å². The molecule has 0 amide bonds. The maximum absolute atomic E-state index is 5.89. The Hall–Kier alpha value is -2.29. The zero-order chi connectivity index (χ0) is 17.5. The Morgan fingerprint density at radius 1 is 0.720 bits per heavy atom. The van der Waals surface area contributed by atoms with Crippen LogP contribution < -0.4 is 10.1 Å². The van der Waals surface area contributed by atoms with Crippen molar-refractivity contribution in [2.24, 2.45) is 0 Å². The first-order chi connectivity index (χ1) is 12.2. The quantitative estimate of drug-likeness (QED) is 0.605. The van der Waals surface area contributed by atoms with Gasteiger partial charge in [0.15, 0.2) is 0 Å². The van der Waals surface area contributed by atoms with E-state index in [0.717, 1.165) is 29.4 Å². The lowest BCUT2D eigenvalue weighted by Crippen LogP contribution is -2.12. The number of nitrogens with one attached hydrogen (secondary N) is 1. The van der Waals surface area contributed by atoms with Crippen molar-refractivity contribution >= 4 is 11.6 Å². The van der Waals surface area contributed by atoms with Gasteiger partial charge in [-0.3, -0.25) is 0 Å². The molecule has 0 saturated heterocycles. The predicted molar refractivity (Wildman–Crippen MR) is 104 cm³/mol. The summed E-state index contributed by atoms with van der Waals surface area (Å²) in [6.45, 7) is 4.36. The minimum atomic E-state index is 0.544. The minimum absolute atomic E-state index is 0.544. The van der Waals surface area contributed by atoms with Crippen LogP contribution in [0.25, 0.3) is 0 Å². The first-order valence-electron chi connectivity index (χ1n) is 8.41. The van der Waals surface area contributed by atoms with Crippen LogP contribution in [0.4, 0.5) is 0 Å². The second-order valence-corrected chi connectivity index (χ2v) is 6.58. The number of ether oxygens (including phenoxy) is 1. The molecular weight excluding hydrogens is 330 g/mol. The highest BCUT2D eigenvalue weighted by Crippen LogP contribution is 2.16. The molecule has 0 fully saturated rings. The molecule has 25 heavy (non-hydrogen) atoms. The predicted octanol–water partition coefficient (Wildman–Crippen LogP) is 5.52. The molecule has 1 N–H and O–H groups in total. The van der Waals surface area contributed by atoms with Crippen molar-refractivity contribution in [3.63, 3.8) is 0 Å². The molecule has 0 atom stereocenters. The molecule has 0 saturated carbocycles. The van der Waals surface area contributed by atoms with Gasteiger partial charge in [-0.25, -0.2) is 0 Å². The first kappa shape index (κ1) is 17.5. The molecule has 0 aliphatic heterocycles. The van der Waals surface area contributed by atoms with Crippen LogP contribution in [0.15, 0.2) is 72.8 Å². The number of aryl methyl sites for hydroxylation is 1. The molecular formula is C22H22ClNO. The second kappa shape index (κ2) is 8.70. The Kier molecular flexibility index (Phi) is 6.10. The van der Waals surface area contributed by atoms with Gasteiger partial charge in [0.1, 0.15) is 12.4 Å². The van der Waals surface area contributed by atoms with Crippen LogP contribution in [0.2, 0.25) is 5.02 Å². The van der Waals surface area contributed by atoms with Gasteiger partial charge in [0.2, 0.25) is 0 Å². The van der Waals surface area contributed by atoms with E-state index in [2.05, 4.69) is 48.6 Å². The molecule has 3 heteroatoms. The van der Waals surface area contributed by atoms with Gasteiger partial charge < -0.3 is 10.1 Å². The summed E-state index contributed by atoms with van der Waals surface area (Å²) >= 11 is 5.89. The Bertz CT molecular complexity index is 780. The van der Waals surface area contributed by atoms with Gasteiger partial charge in [0, 0.05) is 18.1 Å². The molecule has 2 nitrogen and oxygen atoms in total. The van der Waals surface area contributed by atoms with E-state index in [1.807, 2.05) is 36.4 Å². The highest BCUT2D eigenvalue weighted by Gasteiger charge is 1.99. The third-order valence-electron chi connectivity index (χ3n) is 4.02. The maximum Gasteiger partial charge on any atom is 0.119 e. The molecule has 0 radical (unpaired) electrons. The summed E-state index contributed by atoms with van der Waals surface area (Å²) in [5.41, 5.74) is 4.94. The zero-order valence-electron chi connectivity index (χ0n) is 14.3.